The van der Waals surface area contributed by atoms with Crippen LogP contribution in [-0.4, -0.2) is 25.1 Å². The van der Waals surface area contributed by atoms with Crippen LogP contribution < -0.4 is 15.0 Å². The highest BCUT2D eigenvalue weighted by atomic mass is 35.5. The Labute approximate surface area is 147 Å². The summed E-state index contributed by atoms with van der Waals surface area (Å²) in [5, 5.41) is 3.49. The predicted octanol–water partition coefficient (Wildman–Crippen LogP) is 4.13. The van der Waals surface area contributed by atoms with Crippen LogP contribution in [-0.2, 0) is 11.2 Å². The second-order valence-corrected chi connectivity index (χ2v) is 6.54. The van der Waals surface area contributed by atoms with Gasteiger partial charge in [0, 0.05) is 16.8 Å². The fourth-order valence-corrected chi connectivity index (χ4v) is 3.49. The van der Waals surface area contributed by atoms with Gasteiger partial charge in [0.2, 0.25) is 5.91 Å². The van der Waals surface area contributed by atoms with Crippen molar-refractivity contribution in [2.75, 3.05) is 17.3 Å². The second-order valence-electron chi connectivity index (χ2n) is 6.10. The average Bonchev–Trinajstić information content (AvgIpc) is 2.90. The molecule has 2 aromatic carbocycles. The third-order valence-corrected chi connectivity index (χ3v) is 4.71. The molecule has 4 nitrogen and oxygen atoms in total. The topological polar surface area (TPSA) is 41.6 Å². The number of nitrogens with zero attached hydrogens (tertiary/aromatic N) is 1. The number of nitrogens with one attached hydrogen (secondary N) is 1. The maximum absolute atomic E-state index is 12.8. The van der Waals surface area contributed by atoms with E-state index in [2.05, 4.69) is 29.3 Å². The summed E-state index contributed by atoms with van der Waals surface area (Å²) in [6.07, 6.45) is 0.953. The zero-order valence-electron chi connectivity index (χ0n) is 14.0. The smallest absolute Gasteiger partial charge is 0.246 e. The quantitative estimate of drug-likeness (QED) is 0.906. The fourth-order valence-electron chi connectivity index (χ4n) is 3.32. The van der Waals surface area contributed by atoms with E-state index < -0.39 is 0 Å². The number of carbonyl (C=O) groups excluding carboxylic acids is 1. The Morgan fingerprint density at radius 3 is 2.83 bits per heavy atom. The number of methoxy groups -OCH3 is 1. The van der Waals surface area contributed by atoms with Crippen LogP contribution in [0.5, 0.6) is 5.75 Å². The van der Waals surface area contributed by atoms with E-state index >= 15 is 0 Å². The summed E-state index contributed by atoms with van der Waals surface area (Å²) in [6.45, 7) is 4.06. The minimum Gasteiger partial charge on any atom is -0.495 e. The van der Waals surface area contributed by atoms with E-state index in [4.69, 9.17) is 16.3 Å². The number of hydrogen-bond acceptors (Lipinski definition) is 3. The van der Waals surface area contributed by atoms with Crippen molar-refractivity contribution < 1.29 is 9.53 Å². The van der Waals surface area contributed by atoms with Crippen LogP contribution in [0.15, 0.2) is 42.5 Å². The molecule has 24 heavy (non-hydrogen) atoms. The predicted molar refractivity (Wildman–Crippen MR) is 98.2 cm³/mol. The normalized spacial score (nSPS) is 17.3. The number of anilines is 2. The molecule has 0 spiro atoms. The fraction of sp³-hybridized carbons (Fsp3) is 0.316. The highest BCUT2D eigenvalue weighted by Crippen LogP contribution is 2.34. The number of para-hydroxylation sites is 1. The lowest BCUT2D eigenvalue weighted by atomic mass is 10.1. The van der Waals surface area contributed by atoms with Crippen LogP contribution in [0.3, 0.4) is 0 Å². The van der Waals surface area contributed by atoms with E-state index in [1.165, 1.54) is 5.56 Å². The van der Waals surface area contributed by atoms with Gasteiger partial charge in [0.1, 0.15) is 11.8 Å². The lowest BCUT2D eigenvalue weighted by Crippen LogP contribution is -2.45. The first kappa shape index (κ1) is 16.7. The van der Waals surface area contributed by atoms with Gasteiger partial charge in [0.15, 0.2) is 0 Å². The molecule has 1 aliphatic heterocycles. The van der Waals surface area contributed by atoms with E-state index in [-0.39, 0.29) is 18.0 Å². The molecule has 3 rings (SSSR count). The molecule has 126 valence electrons. The largest absolute Gasteiger partial charge is 0.495 e. The van der Waals surface area contributed by atoms with Gasteiger partial charge in [-0.3, -0.25) is 4.79 Å². The van der Waals surface area contributed by atoms with Gasteiger partial charge in [-0.15, -0.1) is 0 Å². The zero-order chi connectivity index (χ0) is 17.3. The molecule has 1 amide bonds. The molecule has 0 bridgehead atoms. The Balaban J connectivity index is 1.82. The van der Waals surface area contributed by atoms with Crippen molar-refractivity contribution >= 4 is 28.9 Å². The van der Waals surface area contributed by atoms with Crippen LogP contribution in [0.4, 0.5) is 11.4 Å². The van der Waals surface area contributed by atoms with Crippen LogP contribution in [0, 0.1) is 0 Å². The van der Waals surface area contributed by atoms with Gasteiger partial charge in [-0.1, -0.05) is 29.8 Å². The Morgan fingerprint density at radius 1 is 1.33 bits per heavy atom. The van der Waals surface area contributed by atoms with Crippen LogP contribution in [0.1, 0.15) is 19.4 Å². The maximum atomic E-state index is 12.8. The van der Waals surface area contributed by atoms with E-state index in [0.29, 0.717) is 16.5 Å². The molecule has 0 aliphatic carbocycles. The minimum atomic E-state index is -0.299. The number of amides is 1. The second kappa shape index (κ2) is 6.73. The van der Waals surface area contributed by atoms with Gasteiger partial charge in [-0.05, 0) is 50.1 Å². The lowest BCUT2D eigenvalue weighted by Gasteiger charge is -2.31. The Kier molecular flexibility index (Phi) is 4.67. The highest BCUT2D eigenvalue weighted by Gasteiger charge is 2.32. The van der Waals surface area contributed by atoms with Crippen LogP contribution in [0.25, 0.3) is 0 Å². The van der Waals surface area contributed by atoms with Gasteiger partial charge in [0.05, 0.1) is 12.8 Å². The van der Waals surface area contributed by atoms with E-state index in [9.17, 15) is 4.79 Å². The van der Waals surface area contributed by atoms with Gasteiger partial charge in [-0.25, -0.2) is 0 Å². The van der Waals surface area contributed by atoms with Crippen molar-refractivity contribution in [1.82, 2.24) is 0 Å². The Bertz CT molecular complexity index is 763. The summed E-state index contributed by atoms with van der Waals surface area (Å²) in [6, 6.07) is 13.4. The molecule has 0 fully saturated rings. The molecule has 2 atom stereocenters. The molecular weight excluding hydrogens is 324 g/mol. The molecule has 5 heteroatoms. The van der Waals surface area contributed by atoms with Gasteiger partial charge in [-0.2, -0.15) is 0 Å². The summed E-state index contributed by atoms with van der Waals surface area (Å²) >= 11 is 6.04. The Morgan fingerprint density at radius 2 is 2.08 bits per heavy atom. The van der Waals surface area contributed by atoms with E-state index in [0.717, 1.165) is 12.1 Å². The molecule has 0 saturated carbocycles. The average molecular weight is 345 g/mol. The number of halogens is 1. The first-order chi connectivity index (χ1) is 11.5. The molecule has 1 aliphatic rings. The van der Waals surface area contributed by atoms with Crippen LogP contribution >= 0.6 is 11.6 Å². The number of fused-ring (bicyclic) bond motifs is 1. The van der Waals surface area contributed by atoms with E-state index in [1.54, 1.807) is 25.3 Å². The van der Waals surface area contributed by atoms with Crippen molar-refractivity contribution in [3.63, 3.8) is 0 Å². The number of benzene rings is 2. The number of rotatable bonds is 4. The SMILES string of the molecule is COc1ccc(Cl)cc1NC(=O)C(C)N1c2ccccc2CC1C. The molecular formula is C19H21ClN2O2. The number of hydrogen-bond donors (Lipinski definition) is 1. The molecule has 2 unspecified atom stereocenters. The first-order valence-corrected chi connectivity index (χ1v) is 8.39. The summed E-state index contributed by atoms with van der Waals surface area (Å²) in [5.41, 5.74) is 3.00. The summed E-state index contributed by atoms with van der Waals surface area (Å²) in [7, 11) is 1.57. The highest BCUT2D eigenvalue weighted by molar-refractivity contribution is 6.31. The third kappa shape index (κ3) is 3.06. The Hall–Kier alpha value is -2.20. The van der Waals surface area contributed by atoms with Crippen molar-refractivity contribution in [1.29, 1.82) is 0 Å². The number of carbonyl (C=O) groups is 1. The van der Waals surface area contributed by atoms with Gasteiger partial charge >= 0.3 is 0 Å². The van der Waals surface area contributed by atoms with Crippen molar-refractivity contribution in [2.45, 2.75) is 32.4 Å². The molecule has 1 N–H and O–H groups in total. The zero-order valence-corrected chi connectivity index (χ0v) is 14.8. The standard InChI is InChI=1S/C19H21ClN2O2/c1-12-10-14-6-4-5-7-17(14)22(12)13(2)19(23)21-16-11-15(20)8-9-18(16)24-3/h4-9,11-13H,10H2,1-3H3,(H,21,23). The minimum absolute atomic E-state index is 0.0841. The van der Waals surface area contributed by atoms with Crippen LogP contribution in [0.2, 0.25) is 5.02 Å². The van der Waals surface area contributed by atoms with Crippen molar-refractivity contribution in [3.8, 4) is 5.75 Å². The molecule has 1 heterocycles. The van der Waals surface area contributed by atoms with Crippen molar-refractivity contribution in [3.05, 3.63) is 53.1 Å². The summed E-state index contributed by atoms with van der Waals surface area (Å²) < 4.78 is 5.30. The molecule has 0 aromatic heterocycles. The summed E-state index contributed by atoms with van der Waals surface area (Å²) in [5.74, 6) is 0.508. The van der Waals surface area contributed by atoms with Crippen molar-refractivity contribution in [2.24, 2.45) is 0 Å². The van der Waals surface area contributed by atoms with E-state index in [1.807, 2.05) is 19.1 Å². The van der Waals surface area contributed by atoms with Gasteiger partial charge < -0.3 is 15.0 Å². The summed E-state index contributed by atoms with van der Waals surface area (Å²) in [4.78, 5) is 15.0. The molecule has 0 radical (unpaired) electrons. The maximum Gasteiger partial charge on any atom is 0.246 e. The molecule has 2 aromatic rings. The lowest BCUT2D eigenvalue weighted by molar-refractivity contribution is -0.117. The molecule has 0 saturated heterocycles. The van der Waals surface area contributed by atoms with Gasteiger partial charge in [0.25, 0.3) is 0 Å². The number of ether oxygens (including phenoxy) is 1. The first-order valence-electron chi connectivity index (χ1n) is 8.02. The third-order valence-electron chi connectivity index (χ3n) is 4.48. The monoisotopic (exact) mass is 344 g/mol.